The van der Waals surface area contributed by atoms with Crippen molar-refractivity contribution in [1.29, 1.82) is 0 Å². The topological polar surface area (TPSA) is 110 Å². The summed E-state index contributed by atoms with van der Waals surface area (Å²) in [6.45, 7) is 4.29. The van der Waals surface area contributed by atoms with Gasteiger partial charge in [0.05, 0.1) is 13.7 Å². The summed E-state index contributed by atoms with van der Waals surface area (Å²) < 4.78 is 37.2. The SMILES string of the molecule is CCc1cc2c(cc1OC)CN(Cc1nc(-c3cncc(S(=O)(=O)NC)c3)no1)CC2. The third-order valence-corrected chi connectivity index (χ3v) is 6.83. The van der Waals surface area contributed by atoms with Crippen molar-refractivity contribution < 1.29 is 17.7 Å². The molecule has 164 valence electrons. The van der Waals surface area contributed by atoms with Gasteiger partial charge in [0.2, 0.25) is 21.7 Å². The highest BCUT2D eigenvalue weighted by Crippen LogP contribution is 2.29. The molecule has 2 aromatic heterocycles. The molecule has 3 heterocycles. The van der Waals surface area contributed by atoms with Crippen LogP contribution in [0.5, 0.6) is 5.75 Å². The van der Waals surface area contributed by atoms with Crippen molar-refractivity contribution >= 4 is 10.0 Å². The van der Waals surface area contributed by atoms with Crippen LogP contribution >= 0.6 is 0 Å². The van der Waals surface area contributed by atoms with Gasteiger partial charge in [0.25, 0.3) is 0 Å². The summed E-state index contributed by atoms with van der Waals surface area (Å²) in [5, 5.41) is 4.01. The normalized spacial score (nSPS) is 14.4. The Morgan fingerprint density at radius 3 is 2.81 bits per heavy atom. The molecule has 0 fully saturated rings. The molecule has 0 amide bonds. The monoisotopic (exact) mass is 443 g/mol. The number of nitrogens with zero attached hydrogens (tertiary/aromatic N) is 4. The van der Waals surface area contributed by atoms with Crippen LogP contribution < -0.4 is 9.46 Å². The molecule has 9 nitrogen and oxygen atoms in total. The number of rotatable bonds is 7. The summed E-state index contributed by atoms with van der Waals surface area (Å²) in [6.07, 6.45) is 4.68. The summed E-state index contributed by atoms with van der Waals surface area (Å²) in [6, 6.07) is 5.84. The summed E-state index contributed by atoms with van der Waals surface area (Å²) in [4.78, 5) is 10.7. The molecule has 10 heteroatoms. The number of aromatic nitrogens is 3. The molecule has 1 aliphatic heterocycles. The maximum atomic E-state index is 12.0. The van der Waals surface area contributed by atoms with Crippen LogP contribution in [0.15, 0.2) is 40.0 Å². The van der Waals surface area contributed by atoms with Crippen LogP contribution in [-0.2, 0) is 36.0 Å². The number of benzene rings is 1. The van der Waals surface area contributed by atoms with Crippen LogP contribution in [0, 0.1) is 0 Å². The molecule has 0 unspecified atom stereocenters. The minimum Gasteiger partial charge on any atom is -0.496 e. The Morgan fingerprint density at radius 2 is 2.06 bits per heavy atom. The second-order valence-corrected chi connectivity index (χ2v) is 9.26. The van der Waals surface area contributed by atoms with Gasteiger partial charge >= 0.3 is 0 Å². The predicted octanol–water partition coefficient (Wildman–Crippen LogP) is 2.17. The number of fused-ring (bicyclic) bond motifs is 1. The van der Waals surface area contributed by atoms with Crippen LogP contribution in [0.1, 0.15) is 29.5 Å². The number of hydrogen-bond donors (Lipinski definition) is 1. The van der Waals surface area contributed by atoms with Gasteiger partial charge in [-0.25, -0.2) is 13.1 Å². The van der Waals surface area contributed by atoms with Gasteiger partial charge in [0.15, 0.2) is 0 Å². The fraction of sp³-hybridized carbons (Fsp3) is 0.381. The first-order valence-corrected chi connectivity index (χ1v) is 11.5. The lowest BCUT2D eigenvalue weighted by molar-refractivity contribution is 0.210. The lowest BCUT2D eigenvalue weighted by atomic mass is 9.95. The van der Waals surface area contributed by atoms with Gasteiger partial charge in [0.1, 0.15) is 10.6 Å². The molecule has 0 radical (unpaired) electrons. The predicted molar refractivity (Wildman–Crippen MR) is 114 cm³/mol. The molecular weight excluding hydrogens is 418 g/mol. The van der Waals surface area contributed by atoms with E-state index in [4.69, 9.17) is 9.26 Å². The van der Waals surface area contributed by atoms with Gasteiger partial charge in [-0.15, -0.1) is 0 Å². The molecule has 0 atom stereocenters. The highest BCUT2D eigenvalue weighted by molar-refractivity contribution is 7.89. The zero-order valence-corrected chi connectivity index (χ0v) is 18.6. The largest absolute Gasteiger partial charge is 0.496 e. The maximum Gasteiger partial charge on any atom is 0.241 e. The molecule has 3 aromatic rings. The van der Waals surface area contributed by atoms with Crippen LogP contribution in [-0.4, -0.2) is 49.1 Å². The Labute approximate surface area is 181 Å². The van der Waals surface area contributed by atoms with Gasteiger partial charge in [-0.2, -0.15) is 4.98 Å². The van der Waals surface area contributed by atoms with E-state index in [1.165, 1.54) is 42.2 Å². The van der Waals surface area contributed by atoms with Crippen molar-refractivity contribution in [2.24, 2.45) is 0 Å². The summed E-state index contributed by atoms with van der Waals surface area (Å²) >= 11 is 0. The Kier molecular flexibility index (Phi) is 6.03. The van der Waals surface area contributed by atoms with Crippen molar-refractivity contribution in [3.63, 3.8) is 0 Å². The molecule has 1 N–H and O–H groups in total. The Balaban J connectivity index is 1.50. The van der Waals surface area contributed by atoms with Gasteiger partial charge in [-0.3, -0.25) is 9.88 Å². The van der Waals surface area contributed by atoms with Crippen LogP contribution in [0.4, 0.5) is 0 Å². The minimum atomic E-state index is -3.60. The summed E-state index contributed by atoms with van der Waals surface area (Å²) in [5.41, 5.74) is 4.31. The molecule has 0 bridgehead atoms. The number of sulfonamides is 1. The zero-order chi connectivity index (χ0) is 22.0. The van der Waals surface area contributed by atoms with Crippen molar-refractivity contribution in [2.75, 3.05) is 20.7 Å². The van der Waals surface area contributed by atoms with Crippen molar-refractivity contribution in [1.82, 2.24) is 24.7 Å². The molecule has 1 aliphatic rings. The molecule has 0 saturated carbocycles. The third kappa shape index (κ3) is 4.46. The molecule has 0 aliphatic carbocycles. The number of aryl methyl sites for hydroxylation is 1. The third-order valence-electron chi connectivity index (χ3n) is 5.45. The average molecular weight is 444 g/mol. The smallest absolute Gasteiger partial charge is 0.241 e. The van der Waals surface area contributed by atoms with Crippen LogP contribution in [0.25, 0.3) is 11.4 Å². The average Bonchev–Trinajstić information content (AvgIpc) is 3.26. The van der Waals surface area contributed by atoms with E-state index in [9.17, 15) is 8.42 Å². The molecule has 4 rings (SSSR count). The summed E-state index contributed by atoms with van der Waals surface area (Å²) in [7, 11) is -0.548. The fourth-order valence-electron chi connectivity index (χ4n) is 3.73. The van der Waals surface area contributed by atoms with E-state index in [1.807, 2.05) is 0 Å². The molecule has 0 spiro atoms. The number of pyridine rings is 1. The van der Waals surface area contributed by atoms with E-state index in [0.29, 0.717) is 23.8 Å². The molecule has 31 heavy (non-hydrogen) atoms. The molecular formula is C21H25N5O4S. The lowest BCUT2D eigenvalue weighted by Crippen LogP contribution is -2.30. The molecule has 0 saturated heterocycles. The quantitative estimate of drug-likeness (QED) is 0.592. The first-order chi connectivity index (χ1) is 14.9. The van der Waals surface area contributed by atoms with Gasteiger partial charge < -0.3 is 9.26 Å². The standard InChI is InChI=1S/C21H25N5O4S/c1-4-14-7-15-5-6-26(12-17(15)9-19(14)29-3)13-20-24-21(25-30-20)16-8-18(11-23-10-16)31(27,28)22-2/h7-11,22H,4-6,12-13H2,1-3H3. The van der Waals surface area contributed by atoms with Crippen molar-refractivity contribution in [3.8, 4) is 17.1 Å². The van der Waals surface area contributed by atoms with Gasteiger partial charge in [0, 0.05) is 31.0 Å². The number of hydrogen-bond acceptors (Lipinski definition) is 8. The second-order valence-electron chi connectivity index (χ2n) is 7.38. The maximum absolute atomic E-state index is 12.0. The van der Waals surface area contributed by atoms with Crippen molar-refractivity contribution in [3.05, 3.63) is 53.2 Å². The van der Waals surface area contributed by atoms with E-state index >= 15 is 0 Å². The first kappa shape index (κ1) is 21.4. The Morgan fingerprint density at radius 1 is 1.23 bits per heavy atom. The lowest BCUT2D eigenvalue weighted by Gasteiger charge is -2.28. The highest BCUT2D eigenvalue weighted by Gasteiger charge is 2.21. The molecule has 1 aromatic carbocycles. The van der Waals surface area contributed by atoms with E-state index in [0.717, 1.165) is 31.7 Å². The number of ether oxygens (including phenoxy) is 1. The van der Waals surface area contributed by atoms with E-state index in [1.54, 1.807) is 7.11 Å². The first-order valence-electron chi connectivity index (χ1n) is 10.1. The number of nitrogens with one attached hydrogen (secondary N) is 1. The van der Waals surface area contributed by atoms with Crippen LogP contribution in [0.3, 0.4) is 0 Å². The van der Waals surface area contributed by atoms with E-state index < -0.39 is 10.0 Å². The second kappa shape index (κ2) is 8.74. The van der Waals surface area contributed by atoms with Gasteiger partial charge in [-0.1, -0.05) is 18.1 Å². The zero-order valence-electron chi connectivity index (χ0n) is 17.8. The number of methoxy groups -OCH3 is 1. The van der Waals surface area contributed by atoms with Gasteiger partial charge in [-0.05, 0) is 48.7 Å². The van der Waals surface area contributed by atoms with Crippen molar-refractivity contribution in [2.45, 2.75) is 37.8 Å². The van der Waals surface area contributed by atoms with E-state index in [2.05, 4.69) is 43.8 Å². The fourth-order valence-corrected chi connectivity index (χ4v) is 4.45. The Bertz CT molecular complexity index is 1190. The van der Waals surface area contributed by atoms with E-state index in [-0.39, 0.29) is 4.90 Å². The highest BCUT2D eigenvalue weighted by atomic mass is 32.2. The minimum absolute atomic E-state index is 0.0480. The summed E-state index contributed by atoms with van der Waals surface area (Å²) in [5.74, 6) is 1.70. The van der Waals surface area contributed by atoms with Crippen LogP contribution in [0.2, 0.25) is 0 Å². The Hall–Kier alpha value is -2.82.